The van der Waals surface area contributed by atoms with Crippen molar-refractivity contribution in [1.82, 2.24) is 9.97 Å². The van der Waals surface area contributed by atoms with Gasteiger partial charge in [0.1, 0.15) is 11.6 Å². The fraction of sp³-hybridized carbons (Fsp3) is 0.579. The average Bonchev–Trinajstić information content (AvgIpc) is 3.25. The summed E-state index contributed by atoms with van der Waals surface area (Å²) >= 11 is 1.82. The molecule has 1 fully saturated rings. The molecule has 5 heteroatoms. The number of aromatic nitrogens is 2. The molecule has 128 valence electrons. The minimum Gasteiger partial charge on any atom is -0.381 e. The summed E-state index contributed by atoms with van der Waals surface area (Å²) in [6.45, 7) is 2.48. The molecule has 2 aliphatic rings. The van der Waals surface area contributed by atoms with Gasteiger partial charge in [-0.15, -0.1) is 11.3 Å². The van der Waals surface area contributed by atoms with Crippen LogP contribution in [0.4, 0.5) is 5.82 Å². The molecule has 24 heavy (non-hydrogen) atoms. The van der Waals surface area contributed by atoms with Crippen LogP contribution in [-0.2, 0) is 24.0 Å². The van der Waals surface area contributed by atoms with Gasteiger partial charge in [0.2, 0.25) is 0 Å². The third-order valence-corrected chi connectivity index (χ3v) is 5.99. The maximum Gasteiger partial charge on any atom is 0.134 e. The molecule has 0 atom stereocenters. The van der Waals surface area contributed by atoms with Crippen molar-refractivity contribution >= 4 is 17.2 Å². The van der Waals surface area contributed by atoms with Gasteiger partial charge < -0.3 is 10.1 Å². The molecule has 1 saturated carbocycles. The fourth-order valence-electron chi connectivity index (χ4n) is 3.74. The van der Waals surface area contributed by atoms with Gasteiger partial charge in [-0.25, -0.2) is 9.97 Å². The smallest absolute Gasteiger partial charge is 0.134 e. The molecule has 1 N–H and O–H groups in total. The Morgan fingerprint density at radius 3 is 2.88 bits per heavy atom. The molecule has 0 amide bonds. The van der Waals surface area contributed by atoms with E-state index in [0.717, 1.165) is 50.7 Å². The molecule has 1 aliphatic heterocycles. The Hall–Kier alpha value is -1.46. The lowest BCUT2D eigenvalue weighted by Crippen LogP contribution is -2.15. The highest BCUT2D eigenvalue weighted by atomic mass is 32.1. The van der Waals surface area contributed by atoms with Crippen LogP contribution < -0.4 is 5.32 Å². The first-order chi connectivity index (χ1) is 11.9. The summed E-state index contributed by atoms with van der Waals surface area (Å²) < 4.78 is 5.67. The lowest BCUT2D eigenvalue weighted by molar-refractivity contribution is 0.146. The van der Waals surface area contributed by atoms with Crippen LogP contribution in [0, 0.1) is 0 Å². The Morgan fingerprint density at radius 1 is 1.17 bits per heavy atom. The van der Waals surface area contributed by atoms with Crippen molar-refractivity contribution in [2.75, 3.05) is 25.1 Å². The van der Waals surface area contributed by atoms with E-state index >= 15 is 0 Å². The third kappa shape index (κ3) is 3.62. The number of hydrogen-bond donors (Lipinski definition) is 1. The molecular weight excluding hydrogens is 318 g/mol. The Bertz CT molecular complexity index is 666. The minimum absolute atomic E-state index is 0.553. The number of fused-ring (bicyclic) bond motifs is 1. The molecular formula is C19H25N3OS. The van der Waals surface area contributed by atoms with E-state index < -0.39 is 0 Å². The number of ether oxygens (including phenoxy) is 1. The predicted octanol–water partition coefficient (Wildman–Crippen LogP) is 3.97. The van der Waals surface area contributed by atoms with Gasteiger partial charge in [0, 0.05) is 35.7 Å². The van der Waals surface area contributed by atoms with Crippen molar-refractivity contribution in [2.24, 2.45) is 0 Å². The van der Waals surface area contributed by atoms with Crippen LogP contribution in [0.25, 0.3) is 0 Å². The van der Waals surface area contributed by atoms with Crippen molar-refractivity contribution in [2.45, 2.75) is 50.9 Å². The molecule has 0 bridgehead atoms. The molecule has 0 saturated heterocycles. The van der Waals surface area contributed by atoms with Gasteiger partial charge in [-0.1, -0.05) is 18.9 Å². The summed E-state index contributed by atoms with van der Waals surface area (Å²) in [7, 11) is 0. The van der Waals surface area contributed by atoms with Crippen LogP contribution in [-0.4, -0.2) is 29.7 Å². The lowest BCUT2D eigenvalue weighted by atomic mass is 10.0. The number of hydrogen-bond acceptors (Lipinski definition) is 5. The van der Waals surface area contributed by atoms with E-state index in [1.54, 1.807) is 0 Å². The zero-order chi connectivity index (χ0) is 16.2. The van der Waals surface area contributed by atoms with Gasteiger partial charge in [0.25, 0.3) is 0 Å². The maximum atomic E-state index is 5.67. The average molecular weight is 343 g/mol. The third-order valence-electron chi connectivity index (χ3n) is 5.05. The van der Waals surface area contributed by atoms with Crippen LogP contribution in [0.1, 0.15) is 53.6 Å². The molecule has 2 aromatic heterocycles. The van der Waals surface area contributed by atoms with Crippen LogP contribution in [0.2, 0.25) is 0 Å². The Balaban J connectivity index is 1.56. The Kier molecular flexibility index (Phi) is 5.09. The molecule has 0 aromatic carbocycles. The van der Waals surface area contributed by atoms with Crippen LogP contribution >= 0.6 is 11.3 Å². The molecule has 0 spiro atoms. The highest BCUT2D eigenvalue weighted by Crippen LogP contribution is 2.34. The zero-order valence-electron chi connectivity index (χ0n) is 14.1. The summed E-state index contributed by atoms with van der Waals surface area (Å²) in [5.74, 6) is 2.67. The number of rotatable bonds is 5. The summed E-state index contributed by atoms with van der Waals surface area (Å²) in [4.78, 5) is 11.3. The molecule has 0 radical (unpaired) electrons. The van der Waals surface area contributed by atoms with Crippen LogP contribution in [0.3, 0.4) is 0 Å². The van der Waals surface area contributed by atoms with E-state index in [2.05, 4.69) is 22.8 Å². The molecule has 0 unspecified atom stereocenters. The first-order valence-electron chi connectivity index (χ1n) is 9.14. The van der Waals surface area contributed by atoms with Gasteiger partial charge in [0.15, 0.2) is 0 Å². The monoisotopic (exact) mass is 343 g/mol. The lowest BCUT2D eigenvalue weighted by Gasteiger charge is -2.17. The molecule has 2 aromatic rings. The fourth-order valence-corrected chi connectivity index (χ4v) is 4.44. The van der Waals surface area contributed by atoms with Gasteiger partial charge in [-0.05, 0) is 30.7 Å². The minimum atomic E-state index is 0.553. The van der Waals surface area contributed by atoms with Gasteiger partial charge in [-0.2, -0.15) is 0 Å². The summed E-state index contributed by atoms with van der Waals surface area (Å²) in [6.07, 6.45) is 7.99. The maximum absolute atomic E-state index is 5.67. The van der Waals surface area contributed by atoms with E-state index in [9.17, 15) is 0 Å². The Morgan fingerprint density at radius 2 is 2.04 bits per heavy atom. The van der Waals surface area contributed by atoms with Crippen molar-refractivity contribution in [3.8, 4) is 0 Å². The standard InChI is InChI=1S/C19H25N3OS/c1-2-5-14(4-1)18-21-17-9-12-23-11-8-16(17)19(22-18)20-10-7-15-6-3-13-24-15/h3,6,13-14H,1-2,4-5,7-12H2,(H,20,21,22). The van der Waals surface area contributed by atoms with Crippen LogP contribution in [0.15, 0.2) is 17.5 Å². The first-order valence-corrected chi connectivity index (χ1v) is 10.0. The van der Waals surface area contributed by atoms with Crippen molar-refractivity contribution in [3.05, 3.63) is 39.5 Å². The quantitative estimate of drug-likeness (QED) is 0.892. The molecule has 3 heterocycles. The van der Waals surface area contributed by atoms with E-state index in [1.165, 1.54) is 41.8 Å². The van der Waals surface area contributed by atoms with E-state index in [0.29, 0.717) is 5.92 Å². The highest BCUT2D eigenvalue weighted by molar-refractivity contribution is 7.09. The van der Waals surface area contributed by atoms with Crippen molar-refractivity contribution < 1.29 is 4.74 Å². The van der Waals surface area contributed by atoms with E-state index in [-0.39, 0.29) is 0 Å². The second kappa shape index (κ2) is 7.62. The van der Waals surface area contributed by atoms with Crippen LogP contribution in [0.5, 0.6) is 0 Å². The molecule has 4 rings (SSSR count). The first kappa shape index (κ1) is 16.0. The summed E-state index contributed by atoms with van der Waals surface area (Å²) in [5, 5.41) is 5.74. The Labute approximate surface area is 147 Å². The number of nitrogens with one attached hydrogen (secondary N) is 1. The number of thiophene rings is 1. The second-order valence-electron chi connectivity index (χ2n) is 6.71. The zero-order valence-corrected chi connectivity index (χ0v) is 14.9. The van der Waals surface area contributed by atoms with Gasteiger partial charge in [0.05, 0.1) is 18.9 Å². The summed E-state index contributed by atoms with van der Waals surface area (Å²) in [6, 6.07) is 4.32. The highest BCUT2D eigenvalue weighted by Gasteiger charge is 2.24. The number of anilines is 1. The SMILES string of the molecule is c1csc(CCNc2nc(C3CCCC3)nc3c2CCOCC3)c1. The normalized spacial score (nSPS) is 18.3. The van der Waals surface area contributed by atoms with E-state index in [4.69, 9.17) is 14.7 Å². The van der Waals surface area contributed by atoms with Crippen molar-refractivity contribution in [1.29, 1.82) is 0 Å². The predicted molar refractivity (Wildman–Crippen MR) is 98.0 cm³/mol. The second-order valence-corrected chi connectivity index (χ2v) is 7.74. The topological polar surface area (TPSA) is 47.0 Å². The van der Waals surface area contributed by atoms with Crippen molar-refractivity contribution in [3.63, 3.8) is 0 Å². The molecule has 4 nitrogen and oxygen atoms in total. The van der Waals surface area contributed by atoms with Gasteiger partial charge >= 0.3 is 0 Å². The number of nitrogens with zero attached hydrogens (tertiary/aromatic N) is 2. The molecule has 1 aliphatic carbocycles. The summed E-state index contributed by atoms with van der Waals surface area (Å²) in [5.41, 5.74) is 2.49. The van der Waals surface area contributed by atoms with Gasteiger partial charge in [-0.3, -0.25) is 0 Å². The largest absolute Gasteiger partial charge is 0.381 e. The van der Waals surface area contributed by atoms with E-state index in [1.807, 2.05) is 11.3 Å².